The van der Waals surface area contributed by atoms with Crippen LogP contribution in [0.25, 0.3) is 0 Å². The Bertz CT molecular complexity index is 439. The Morgan fingerprint density at radius 2 is 2.26 bits per heavy atom. The van der Waals surface area contributed by atoms with Crippen LogP contribution in [-0.2, 0) is 17.8 Å². The molecule has 0 atom stereocenters. The lowest BCUT2D eigenvalue weighted by Crippen LogP contribution is -2.36. The molecule has 0 fully saturated rings. The van der Waals surface area contributed by atoms with Gasteiger partial charge in [0.15, 0.2) is 0 Å². The van der Waals surface area contributed by atoms with Crippen molar-refractivity contribution < 1.29 is 4.79 Å². The minimum Gasteiger partial charge on any atom is -0.338 e. The van der Waals surface area contributed by atoms with E-state index < -0.39 is 0 Å². The van der Waals surface area contributed by atoms with E-state index in [0.29, 0.717) is 6.42 Å². The molecule has 19 heavy (non-hydrogen) atoms. The Kier molecular flexibility index (Phi) is 6.83. The Morgan fingerprint density at radius 3 is 3.00 bits per heavy atom. The highest BCUT2D eigenvalue weighted by Crippen LogP contribution is 2.26. The lowest BCUT2D eigenvalue weighted by atomic mass is 9.99. The van der Waals surface area contributed by atoms with E-state index in [1.54, 1.807) is 0 Å². The van der Waals surface area contributed by atoms with Gasteiger partial charge in [0.1, 0.15) is 0 Å². The van der Waals surface area contributed by atoms with Crippen LogP contribution in [0, 0.1) is 0 Å². The quantitative estimate of drug-likeness (QED) is 0.850. The monoisotopic (exact) mass is 346 g/mol. The molecule has 2 rings (SSSR count). The molecule has 0 saturated carbocycles. The normalized spacial score (nSPS) is 13.7. The molecule has 5 heteroatoms. The molecule has 1 aromatic rings. The van der Waals surface area contributed by atoms with Crippen molar-refractivity contribution in [1.82, 2.24) is 10.2 Å². The van der Waals surface area contributed by atoms with Crippen molar-refractivity contribution in [1.29, 1.82) is 0 Å². The Morgan fingerprint density at radius 1 is 1.47 bits per heavy atom. The lowest BCUT2D eigenvalue weighted by Gasteiger charge is -2.29. The van der Waals surface area contributed by atoms with Gasteiger partial charge in [0, 0.05) is 24.0 Å². The summed E-state index contributed by atoms with van der Waals surface area (Å²) in [5, 5.41) is 3.07. The van der Waals surface area contributed by atoms with Gasteiger partial charge in [0.2, 0.25) is 5.91 Å². The number of rotatable bonds is 4. The molecule has 0 aromatic heterocycles. The molecular weight excluding hydrogens is 328 g/mol. The van der Waals surface area contributed by atoms with Crippen LogP contribution >= 0.6 is 28.3 Å². The SMILES string of the molecule is CNCCCC(=O)N1CCc2cccc(Br)c2C1.Cl. The standard InChI is InChI=1S/C14H19BrN2O.ClH/c1-16-8-3-6-14(18)17-9-7-11-4-2-5-13(15)12(11)10-17;/h2,4-5,16H,3,6-10H2,1H3;1H. The van der Waals surface area contributed by atoms with Crippen LogP contribution in [0.5, 0.6) is 0 Å². The highest BCUT2D eigenvalue weighted by Gasteiger charge is 2.21. The average molecular weight is 348 g/mol. The van der Waals surface area contributed by atoms with E-state index in [9.17, 15) is 4.79 Å². The van der Waals surface area contributed by atoms with E-state index in [1.165, 1.54) is 11.1 Å². The molecule has 0 radical (unpaired) electrons. The zero-order chi connectivity index (χ0) is 13.0. The molecule has 3 nitrogen and oxygen atoms in total. The summed E-state index contributed by atoms with van der Waals surface area (Å²) in [6.45, 7) is 2.50. The van der Waals surface area contributed by atoms with Crippen LogP contribution in [0.1, 0.15) is 24.0 Å². The molecule has 1 N–H and O–H groups in total. The number of fused-ring (bicyclic) bond motifs is 1. The van der Waals surface area contributed by atoms with E-state index in [4.69, 9.17) is 0 Å². The number of hydrogen-bond donors (Lipinski definition) is 1. The predicted octanol–water partition coefficient (Wildman–Crippen LogP) is 2.76. The van der Waals surface area contributed by atoms with Gasteiger partial charge >= 0.3 is 0 Å². The van der Waals surface area contributed by atoms with Crippen LogP contribution in [0.3, 0.4) is 0 Å². The smallest absolute Gasteiger partial charge is 0.222 e. The van der Waals surface area contributed by atoms with E-state index in [2.05, 4.69) is 33.4 Å². The average Bonchev–Trinajstić information content (AvgIpc) is 2.39. The van der Waals surface area contributed by atoms with E-state index in [1.807, 2.05) is 18.0 Å². The Labute approximate surface area is 129 Å². The molecule has 1 amide bonds. The summed E-state index contributed by atoms with van der Waals surface area (Å²) >= 11 is 3.57. The molecular formula is C14H20BrClN2O. The van der Waals surface area contributed by atoms with E-state index in [-0.39, 0.29) is 18.3 Å². The van der Waals surface area contributed by atoms with Crippen molar-refractivity contribution in [2.24, 2.45) is 0 Å². The number of nitrogens with zero attached hydrogens (tertiary/aromatic N) is 1. The van der Waals surface area contributed by atoms with Gasteiger partial charge in [-0.05, 0) is 43.6 Å². The minimum atomic E-state index is 0. The highest BCUT2D eigenvalue weighted by atomic mass is 79.9. The molecule has 1 aromatic carbocycles. The third-order valence-corrected chi connectivity index (χ3v) is 4.13. The van der Waals surface area contributed by atoms with Crippen LogP contribution in [-0.4, -0.2) is 30.9 Å². The first kappa shape index (κ1) is 16.5. The maximum atomic E-state index is 12.1. The number of benzene rings is 1. The van der Waals surface area contributed by atoms with Gasteiger partial charge in [0.05, 0.1) is 0 Å². The summed E-state index contributed by atoms with van der Waals surface area (Å²) in [7, 11) is 1.92. The van der Waals surface area contributed by atoms with Crippen molar-refractivity contribution >= 4 is 34.2 Å². The Balaban J connectivity index is 0.00000180. The summed E-state index contributed by atoms with van der Waals surface area (Å²) in [6, 6.07) is 6.27. The topological polar surface area (TPSA) is 32.3 Å². The first-order valence-electron chi connectivity index (χ1n) is 6.41. The van der Waals surface area contributed by atoms with Crippen LogP contribution in [0.15, 0.2) is 22.7 Å². The third kappa shape index (κ3) is 4.20. The number of carbonyl (C=O) groups is 1. The van der Waals surface area contributed by atoms with Crippen molar-refractivity contribution in [2.45, 2.75) is 25.8 Å². The molecule has 0 saturated heterocycles. The maximum absolute atomic E-state index is 12.1. The molecule has 106 valence electrons. The molecule has 0 spiro atoms. The van der Waals surface area contributed by atoms with Gasteiger partial charge in [-0.3, -0.25) is 4.79 Å². The highest BCUT2D eigenvalue weighted by molar-refractivity contribution is 9.10. The first-order valence-corrected chi connectivity index (χ1v) is 7.20. The van der Waals surface area contributed by atoms with E-state index >= 15 is 0 Å². The number of nitrogens with one attached hydrogen (secondary N) is 1. The molecule has 1 heterocycles. The summed E-state index contributed by atoms with van der Waals surface area (Å²) < 4.78 is 1.12. The van der Waals surface area contributed by atoms with Gasteiger partial charge in [-0.2, -0.15) is 0 Å². The maximum Gasteiger partial charge on any atom is 0.222 e. The largest absolute Gasteiger partial charge is 0.338 e. The molecule has 0 aliphatic carbocycles. The number of carbonyl (C=O) groups excluding carboxylic acids is 1. The van der Waals surface area contributed by atoms with Crippen molar-refractivity contribution in [3.63, 3.8) is 0 Å². The van der Waals surface area contributed by atoms with Crippen LogP contribution < -0.4 is 5.32 Å². The van der Waals surface area contributed by atoms with Gasteiger partial charge in [-0.1, -0.05) is 28.1 Å². The zero-order valence-electron chi connectivity index (χ0n) is 11.1. The Hall–Kier alpha value is -0.580. The van der Waals surface area contributed by atoms with Crippen LogP contribution in [0.2, 0.25) is 0 Å². The van der Waals surface area contributed by atoms with Gasteiger partial charge in [-0.15, -0.1) is 12.4 Å². The summed E-state index contributed by atoms with van der Waals surface area (Å²) in [6.07, 6.45) is 2.52. The second-order valence-corrected chi connectivity index (χ2v) is 5.50. The second-order valence-electron chi connectivity index (χ2n) is 4.65. The summed E-state index contributed by atoms with van der Waals surface area (Å²) in [4.78, 5) is 14.1. The summed E-state index contributed by atoms with van der Waals surface area (Å²) in [5.74, 6) is 0.270. The van der Waals surface area contributed by atoms with Crippen molar-refractivity contribution in [2.75, 3.05) is 20.1 Å². The molecule has 1 aliphatic rings. The van der Waals surface area contributed by atoms with Crippen molar-refractivity contribution in [3.8, 4) is 0 Å². The fraction of sp³-hybridized carbons (Fsp3) is 0.500. The fourth-order valence-electron chi connectivity index (χ4n) is 2.33. The van der Waals surface area contributed by atoms with E-state index in [0.717, 1.165) is 36.9 Å². The van der Waals surface area contributed by atoms with Crippen molar-refractivity contribution in [3.05, 3.63) is 33.8 Å². The molecule has 0 unspecified atom stereocenters. The molecule has 1 aliphatic heterocycles. The lowest BCUT2D eigenvalue weighted by molar-refractivity contribution is -0.132. The van der Waals surface area contributed by atoms with Gasteiger partial charge in [0.25, 0.3) is 0 Å². The van der Waals surface area contributed by atoms with Crippen LogP contribution in [0.4, 0.5) is 0 Å². The third-order valence-electron chi connectivity index (χ3n) is 3.39. The summed E-state index contributed by atoms with van der Waals surface area (Å²) in [5.41, 5.74) is 2.63. The molecule has 0 bridgehead atoms. The zero-order valence-corrected chi connectivity index (χ0v) is 13.5. The number of halogens is 2. The number of hydrogen-bond acceptors (Lipinski definition) is 2. The van der Waals surface area contributed by atoms with Gasteiger partial charge in [-0.25, -0.2) is 0 Å². The second kappa shape index (κ2) is 7.88. The predicted molar refractivity (Wildman–Crippen MR) is 83.7 cm³/mol. The fourth-order valence-corrected chi connectivity index (χ4v) is 2.86. The first-order chi connectivity index (χ1) is 8.72. The number of amides is 1. The van der Waals surface area contributed by atoms with Gasteiger partial charge < -0.3 is 10.2 Å². The minimum absolute atomic E-state index is 0.